The second-order valence-electron chi connectivity index (χ2n) is 2.92. The third-order valence-corrected chi connectivity index (χ3v) is 1.99. The first-order chi connectivity index (χ1) is 6.74. The maximum absolute atomic E-state index is 11.1. The summed E-state index contributed by atoms with van der Waals surface area (Å²) in [4.78, 5) is 25.5. The number of hydrogen-bond donors (Lipinski definition) is 1. The van der Waals surface area contributed by atoms with E-state index in [2.05, 4.69) is 27.7 Å². The molecule has 0 saturated heterocycles. The number of thiocarbonyl (C=S) groups is 1. The Balaban J connectivity index is 2.25. The average molecular weight is 210 g/mol. The van der Waals surface area contributed by atoms with Crippen LogP contribution in [0.5, 0.6) is 0 Å². The van der Waals surface area contributed by atoms with Crippen molar-refractivity contribution in [2.75, 3.05) is 6.54 Å². The second-order valence-corrected chi connectivity index (χ2v) is 3.10. The highest BCUT2D eigenvalue weighted by Crippen LogP contribution is 2.11. The Morgan fingerprint density at radius 1 is 1.43 bits per heavy atom. The minimum absolute atomic E-state index is 0.270. The van der Waals surface area contributed by atoms with Crippen LogP contribution in [-0.2, 0) is 9.59 Å². The van der Waals surface area contributed by atoms with Crippen molar-refractivity contribution in [2.24, 2.45) is 4.99 Å². The molecule has 0 aromatic rings. The van der Waals surface area contributed by atoms with Crippen molar-refractivity contribution in [2.45, 2.75) is 19.3 Å². The summed E-state index contributed by atoms with van der Waals surface area (Å²) in [6, 6.07) is 0. The van der Waals surface area contributed by atoms with E-state index in [1.54, 1.807) is 0 Å². The first-order valence-corrected chi connectivity index (χ1v) is 4.74. The van der Waals surface area contributed by atoms with Gasteiger partial charge in [0, 0.05) is 18.2 Å². The van der Waals surface area contributed by atoms with E-state index >= 15 is 0 Å². The fraction of sp³-hybridized carbons (Fsp3) is 0.444. The van der Waals surface area contributed by atoms with Crippen LogP contribution in [0.4, 0.5) is 0 Å². The third-order valence-electron chi connectivity index (χ3n) is 1.86. The van der Waals surface area contributed by atoms with Gasteiger partial charge in [0.05, 0.1) is 5.16 Å². The number of amides is 2. The van der Waals surface area contributed by atoms with Crippen molar-refractivity contribution in [1.29, 1.82) is 0 Å². The molecule has 0 aromatic heterocycles. The van der Waals surface area contributed by atoms with Crippen LogP contribution < -0.4 is 5.32 Å². The Kier molecular flexibility index (Phi) is 4.16. The maximum Gasteiger partial charge on any atom is 0.254 e. The molecule has 0 aromatic carbocycles. The number of nitrogens with zero attached hydrogens (tertiary/aromatic N) is 1. The van der Waals surface area contributed by atoms with Gasteiger partial charge in [0.15, 0.2) is 0 Å². The van der Waals surface area contributed by atoms with Gasteiger partial charge >= 0.3 is 0 Å². The zero-order chi connectivity index (χ0) is 10.4. The van der Waals surface area contributed by atoms with E-state index < -0.39 is 0 Å². The lowest BCUT2D eigenvalue weighted by Gasteiger charge is -1.97. The van der Waals surface area contributed by atoms with Gasteiger partial charge in [-0.1, -0.05) is 0 Å². The zero-order valence-electron chi connectivity index (χ0n) is 7.58. The van der Waals surface area contributed by atoms with Crippen molar-refractivity contribution >= 4 is 29.2 Å². The number of carbonyl (C=O) groups excluding carboxylic acids is 2. The largest absolute Gasteiger partial charge is 0.289 e. The molecule has 1 aliphatic heterocycles. The van der Waals surface area contributed by atoms with Gasteiger partial charge in [-0.25, -0.2) is 4.99 Å². The SMILES string of the molecule is O=C1C=C(CCCCN=C=S)C(=O)N1. The lowest BCUT2D eigenvalue weighted by molar-refractivity contribution is -0.123. The van der Waals surface area contributed by atoms with E-state index in [1.165, 1.54) is 6.08 Å². The quantitative estimate of drug-likeness (QED) is 0.316. The van der Waals surface area contributed by atoms with Crippen molar-refractivity contribution in [3.63, 3.8) is 0 Å². The van der Waals surface area contributed by atoms with E-state index in [9.17, 15) is 9.59 Å². The van der Waals surface area contributed by atoms with Crippen LogP contribution in [0.1, 0.15) is 19.3 Å². The number of aliphatic imine (C=N–C) groups is 1. The highest BCUT2D eigenvalue weighted by molar-refractivity contribution is 7.78. The van der Waals surface area contributed by atoms with Crippen molar-refractivity contribution < 1.29 is 9.59 Å². The number of rotatable bonds is 5. The molecule has 5 heteroatoms. The first-order valence-electron chi connectivity index (χ1n) is 4.33. The minimum Gasteiger partial charge on any atom is -0.289 e. The number of unbranched alkanes of at least 4 members (excludes halogenated alkanes) is 1. The number of hydrogen-bond acceptors (Lipinski definition) is 4. The molecular weight excluding hydrogens is 200 g/mol. The molecule has 1 N–H and O–H groups in total. The first kappa shape index (κ1) is 10.8. The lowest BCUT2D eigenvalue weighted by Crippen LogP contribution is -2.22. The third kappa shape index (κ3) is 3.20. The van der Waals surface area contributed by atoms with Gasteiger partial charge in [0.25, 0.3) is 11.8 Å². The summed E-state index contributed by atoms with van der Waals surface area (Å²) in [5.41, 5.74) is 0.557. The van der Waals surface area contributed by atoms with E-state index in [-0.39, 0.29) is 11.8 Å². The molecule has 74 valence electrons. The smallest absolute Gasteiger partial charge is 0.254 e. The van der Waals surface area contributed by atoms with E-state index in [0.29, 0.717) is 18.5 Å². The fourth-order valence-electron chi connectivity index (χ4n) is 1.19. The number of isothiocyanates is 1. The molecule has 0 radical (unpaired) electrons. The van der Waals surface area contributed by atoms with Crippen LogP contribution in [0.3, 0.4) is 0 Å². The Morgan fingerprint density at radius 2 is 2.21 bits per heavy atom. The Hall–Kier alpha value is -1.32. The van der Waals surface area contributed by atoms with Crippen molar-refractivity contribution in [1.82, 2.24) is 5.32 Å². The molecular formula is C9H10N2O2S. The van der Waals surface area contributed by atoms with E-state index in [4.69, 9.17) is 0 Å². The van der Waals surface area contributed by atoms with Gasteiger partial charge < -0.3 is 0 Å². The summed E-state index contributed by atoms with van der Waals surface area (Å²) in [6.45, 7) is 0.631. The molecule has 0 bridgehead atoms. The van der Waals surface area contributed by atoms with E-state index in [0.717, 1.165) is 12.8 Å². The minimum atomic E-state index is -0.318. The summed E-state index contributed by atoms with van der Waals surface area (Å²) < 4.78 is 0. The number of nitrogens with one attached hydrogen (secondary N) is 1. The number of imide groups is 1. The summed E-state index contributed by atoms with van der Waals surface area (Å²) in [7, 11) is 0. The number of carbonyl (C=O) groups is 2. The molecule has 2 amide bonds. The molecule has 1 heterocycles. The summed E-state index contributed by atoms with van der Waals surface area (Å²) in [5, 5.41) is 4.47. The topological polar surface area (TPSA) is 58.5 Å². The molecule has 0 aliphatic carbocycles. The molecule has 1 aliphatic rings. The molecule has 0 atom stereocenters. The van der Waals surface area contributed by atoms with Crippen LogP contribution in [0.2, 0.25) is 0 Å². The summed E-state index contributed by atoms with van der Waals surface area (Å²) in [6.07, 6.45) is 3.64. The van der Waals surface area contributed by atoms with Crippen LogP contribution in [0.25, 0.3) is 0 Å². The highest BCUT2D eigenvalue weighted by Gasteiger charge is 2.19. The highest BCUT2D eigenvalue weighted by atomic mass is 32.1. The van der Waals surface area contributed by atoms with Gasteiger partial charge in [-0.2, -0.15) is 0 Å². The molecule has 0 unspecified atom stereocenters. The van der Waals surface area contributed by atoms with Crippen molar-refractivity contribution in [3.8, 4) is 0 Å². The Bertz CT molecular complexity index is 330. The van der Waals surface area contributed by atoms with Crippen molar-refractivity contribution in [3.05, 3.63) is 11.6 Å². The molecule has 0 spiro atoms. The average Bonchev–Trinajstić information content (AvgIpc) is 2.45. The zero-order valence-corrected chi connectivity index (χ0v) is 8.39. The molecule has 14 heavy (non-hydrogen) atoms. The fourth-order valence-corrected chi connectivity index (χ4v) is 1.28. The monoisotopic (exact) mass is 210 g/mol. The Morgan fingerprint density at radius 3 is 2.79 bits per heavy atom. The standard InChI is InChI=1S/C9H10N2O2S/c12-8-5-7(9(13)11-8)3-1-2-4-10-6-14/h5H,1-4H2,(H,11,12,13). The predicted octanol–water partition coefficient (Wildman–Crippen LogP) is 0.842. The predicted molar refractivity (Wildman–Crippen MR) is 55.0 cm³/mol. The molecule has 0 fully saturated rings. The molecule has 1 rings (SSSR count). The second kappa shape index (κ2) is 5.42. The normalized spacial score (nSPS) is 14.7. The van der Waals surface area contributed by atoms with Gasteiger partial charge in [-0.3, -0.25) is 14.9 Å². The van der Waals surface area contributed by atoms with Crippen LogP contribution in [0.15, 0.2) is 16.6 Å². The summed E-state index contributed by atoms with van der Waals surface area (Å²) in [5.74, 6) is -0.588. The summed E-state index contributed by atoms with van der Waals surface area (Å²) >= 11 is 4.41. The van der Waals surface area contributed by atoms with E-state index in [1.807, 2.05) is 0 Å². The molecule has 4 nitrogen and oxygen atoms in total. The molecule has 0 saturated carbocycles. The van der Waals surface area contributed by atoms with Gasteiger partial charge in [-0.05, 0) is 31.5 Å². The lowest BCUT2D eigenvalue weighted by atomic mass is 10.1. The maximum atomic E-state index is 11.1. The van der Waals surface area contributed by atoms with Crippen LogP contribution in [0, 0.1) is 0 Å². The van der Waals surface area contributed by atoms with Crippen LogP contribution in [-0.4, -0.2) is 23.5 Å². The Labute approximate surface area is 87.1 Å². The van der Waals surface area contributed by atoms with Gasteiger partial charge in [0.1, 0.15) is 0 Å². The van der Waals surface area contributed by atoms with Gasteiger partial charge in [0.2, 0.25) is 0 Å². The van der Waals surface area contributed by atoms with Gasteiger partial charge in [-0.15, -0.1) is 0 Å². The van der Waals surface area contributed by atoms with Crippen LogP contribution >= 0.6 is 12.2 Å².